The predicted molar refractivity (Wildman–Crippen MR) is 112 cm³/mol. The van der Waals surface area contributed by atoms with Gasteiger partial charge in [0.15, 0.2) is 0 Å². The molecule has 0 amide bonds. The first-order chi connectivity index (χ1) is 13.0. The van der Waals surface area contributed by atoms with Crippen LogP contribution in [-0.4, -0.2) is 30.3 Å². The van der Waals surface area contributed by atoms with Gasteiger partial charge in [-0.1, -0.05) is 44.5 Å². The zero-order chi connectivity index (χ0) is 19.6. The van der Waals surface area contributed by atoms with E-state index in [1.54, 1.807) is 0 Å². The van der Waals surface area contributed by atoms with E-state index < -0.39 is 6.10 Å². The predicted octanol–water partition coefficient (Wildman–Crippen LogP) is 5.38. The third-order valence-corrected chi connectivity index (χ3v) is 4.95. The first-order valence-corrected chi connectivity index (χ1v) is 10.2. The number of ether oxygens (including phenoxy) is 2. The van der Waals surface area contributed by atoms with E-state index >= 15 is 0 Å². The van der Waals surface area contributed by atoms with Gasteiger partial charge in [-0.3, -0.25) is 0 Å². The normalized spacial score (nSPS) is 13.2. The molecule has 2 aromatic carbocycles. The Labute approximate surface area is 168 Å². The maximum Gasteiger partial charge on any atom is 0.122 e. The Bertz CT molecular complexity index is 685. The number of hydrogen-bond acceptors (Lipinski definition) is 3. The van der Waals surface area contributed by atoms with Crippen molar-refractivity contribution in [3.63, 3.8) is 0 Å². The van der Waals surface area contributed by atoms with Crippen molar-refractivity contribution in [1.29, 1.82) is 0 Å². The molecular formula is C23H31ClO3. The molecule has 0 aliphatic carbocycles. The van der Waals surface area contributed by atoms with Gasteiger partial charge in [0.1, 0.15) is 18.1 Å². The van der Waals surface area contributed by atoms with Crippen LogP contribution in [0.25, 0.3) is 0 Å². The molecular weight excluding hydrogens is 360 g/mol. The number of benzene rings is 2. The summed E-state index contributed by atoms with van der Waals surface area (Å²) in [5, 5.41) is 9.75. The fourth-order valence-corrected chi connectivity index (χ4v) is 2.90. The Morgan fingerprint density at radius 1 is 1.00 bits per heavy atom. The van der Waals surface area contributed by atoms with Crippen LogP contribution in [0, 0.1) is 12.8 Å². The van der Waals surface area contributed by atoms with Gasteiger partial charge in [-0.15, -0.1) is 11.6 Å². The van der Waals surface area contributed by atoms with Crippen molar-refractivity contribution in [3.05, 3.63) is 59.2 Å². The summed E-state index contributed by atoms with van der Waals surface area (Å²) < 4.78 is 11.5. The van der Waals surface area contributed by atoms with Gasteiger partial charge < -0.3 is 14.6 Å². The van der Waals surface area contributed by atoms with E-state index in [9.17, 15) is 5.11 Å². The van der Waals surface area contributed by atoms with Crippen LogP contribution in [-0.2, 0) is 6.42 Å². The molecule has 0 aliphatic heterocycles. The lowest BCUT2D eigenvalue weighted by atomic mass is 10.0. The van der Waals surface area contributed by atoms with Crippen molar-refractivity contribution in [2.45, 2.75) is 46.1 Å². The highest BCUT2D eigenvalue weighted by Gasteiger charge is 2.07. The second-order valence-corrected chi connectivity index (χ2v) is 7.55. The smallest absolute Gasteiger partial charge is 0.122 e. The number of aliphatic hydroxyl groups excluding tert-OH is 1. The standard InChI is InChI=1S/C23H31ClO3/c1-4-5-21(25)16-26-22-9-6-19(7-10-22)13-20-8-11-23(18(3)12-20)27-15-17(2)14-24/h6-12,17,21,25H,4-5,13-16H2,1-3H3/t17-,21-/m0/s1. The summed E-state index contributed by atoms with van der Waals surface area (Å²) in [4.78, 5) is 0. The van der Waals surface area contributed by atoms with Crippen LogP contribution in [0.1, 0.15) is 43.4 Å². The van der Waals surface area contributed by atoms with Gasteiger partial charge in [0.25, 0.3) is 0 Å². The highest BCUT2D eigenvalue weighted by Crippen LogP contribution is 2.22. The van der Waals surface area contributed by atoms with Gasteiger partial charge in [0.2, 0.25) is 0 Å². The number of alkyl halides is 1. The van der Waals surface area contributed by atoms with E-state index in [2.05, 4.69) is 45.0 Å². The van der Waals surface area contributed by atoms with Gasteiger partial charge in [0, 0.05) is 11.8 Å². The van der Waals surface area contributed by atoms with E-state index in [1.165, 1.54) is 11.1 Å². The Morgan fingerprint density at radius 3 is 2.33 bits per heavy atom. The van der Waals surface area contributed by atoms with Crippen LogP contribution in [0.2, 0.25) is 0 Å². The molecule has 0 aromatic heterocycles. The SMILES string of the molecule is CCC[C@H](O)COc1ccc(Cc2ccc(OC[C@@H](C)CCl)c(C)c2)cc1. The molecule has 4 heteroatoms. The minimum atomic E-state index is -0.397. The van der Waals surface area contributed by atoms with Crippen molar-refractivity contribution < 1.29 is 14.6 Å². The first-order valence-electron chi connectivity index (χ1n) is 9.70. The van der Waals surface area contributed by atoms with Crippen LogP contribution in [0.3, 0.4) is 0 Å². The Hall–Kier alpha value is -1.71. The van der Waals surface area contributed by atoms with E-state index in [-0.39, 0.29) is 0 Å². The molecule has 0 radical (unpaired) electrons. The van der Waals surface area contributed by atoms with Crippen molar-refractivity contribution in [3.8, 4) is 11.5 Å². The molecule has 0 bridgehead atoms. The van der Waals surface area contributed by atoms with Crippen LogP contribution in [0.5, 0.6) is 11.5 Å². The summed E-state index contributed by atoms with van der Waals surface area (Å²) in [6.45, 7) is 7.18. The molecule has 0 unspecified atom stereocenters. The zero-order valence-electron chi connectivity index (χ0n) is 16.6. The molecule has 1 N–H and O–H groups in total. The Kier molecular flexibility index (Phi) is 8.96. The molecule has 3 nitrogen and oxygen atoms in total. The molecule has 0 saturated heterocycles. The molecule has 0 heterocycles. The summed E-state index contributed by atoms with van der Waals surface area (Å²) in [7, 11) is 0. The summed E-state index contributed by atoms with van der Waals surface area (Å²) >= 11 is 5.83. The molecule has 2 aromatic rings. The highest BCUT2D eigenvalue weighted by molar-refractivity contribution is 6.18. The molecule has 27 heavy (non-hydrogen) atoms. The van der Waals surface area contributed by atoms with E-state index in [4.69, 9.17) is 21.1 Å². The lowest BCUT2D eigenvalue weighted by Crippen LogP contribution is -2.16. The summed E-state index contributed by atoms with van der Waals surface area (Å²) in [6, 6.07) is 14.4. The van der Waals surface area contributed by atoms with Crippen LogP contribution in [0.4, 0.5) is 0 Å². The number of halogens is 1. The molecule has 0 spiro atoms. The quantitative estimate of drug-likeness (QED) is 0.523. The van der Waals surface area contributed by atoms with Crippen molar-refractivity contribution in [2.75, 3.05) is 19.1 Å². The maximum atomic E-state index is 9.75. The number of hydrogen-bond donors (Lipinski definition) is 1. The van der Waals surface area contributed by atoms with Crippen molar-refractivity contribution in [2.24, 2.45) is 5.92 Å². The third-order valence-electron chi connectivity index (χ3n) is 4.42. The number of rotatable bonds is 11. The summed E-state index contributed by atoms with van der Waals surface area (Å²) in [5.41, 5.74) is 3.61. The third kappa shape index (κ3) is 7.43. The van der Waals surface area contributed by atoms with E-state index in [0.717, 1.165) is 36.3 Å². The Morgan fingerprint density at radius 2 is 1.70 bits per heavy atom. The second kappa shape index (κ2) is 11.2. The maximum absolute atomic E-state index is 9.75. The largest absolute Gasteiger partial charge is 0.493 e. The van der Waals surface area contributed by atoms with Gasteiger partial charge in [-0.2, -0.15) is 0 Å². The van der Waals surface area contributed by atoms with Gasteiger partial charge >= 0.3 is 0 Å². The van der Waals surface area contributed by atoms with Gasteiger partial charge in [-0.25, -0.2) is 0 Å². The minimum absolute atomic E-state index is 0.342. The van der Waals surface area contributed by atoms with Gasteiger partial charge in [-0.05, 0) is 54.7 Å². The first kappa shape index (κ1) is 21.6. The average Bonchev–Trinajstić information content (AvgIpc) is 2.67. The molecule has 148 valence electrons. The fourth-order valence-electron chi connectivity index (χ4n) is 2.81. The fraction of sp³-hybridized carbons (Fsp3) is 0.478. The highest BCUT2D eigenvalue weighted by atomic mass is 35.5. The molecule has 2 atom stereocenters. The minimum Gasteiger partial charge on any atom is -0.493 e. The summed E-state index contributed by atoms with van der Waals surface area (Å²) in [5.74, 6) is 2.66. The topological polar surface area (TPSA) is 38.7 Å². The molecule has 0 saturated carbocycles. The second-order valence-electron chi connectivity index (χ2n) is 7.24. The Balaban J connectivity index is 1.90. The average molecular weight is 391 g/mol. The van der Waals surface area contributed by atoms with Crippen molar-refractivity contribution >= 4 is 11.6 Å². The van der Waals surface area contributed by atoms with Crippen molar-refractivity contribution in [1.82, 2.24) is 0 Å². The lowest BCUT2D eigenvalue weighted by molar-refractivity contribution is 0.0993. The lowest BCUT2D eigenvalue weighted by Gasteiger charge is -2.14. The summed E-state index contributed by atoms with van der Waals surface area (Å²) in [6.07, 6.45) is 2.18. The molecule has 0 fully saturated rings. The van der Waals surface area contributed by atoms with Crippen LogP contribution in [0.15, 0.2) is 42.5 Å². The van der Waals surface area contributed by atoms with E-state index in [0.29, 0.717) is 25.0 Å². The zero-order valence-corrected chi connectivity index (χ0v) is 17.3. The molecule has 0 aliphatic rings. The number of aryl methyl sites for hydroxylation is 1. The van der Waals surface area contributed by atoms with Crippen LogP contribution < -0.4 is 9.47 Å². The number of aliphatic hydroxyl groups is 1. The monoisotopic (exact) mass is 390 g/mol. The van der Waals surface area contributed by atoms with Gasteiger partial charge in [0.05, 0.1) is 12.7 Å². The van der Waals surface area contributed by atoms with Crippen LogP contribution >= 0.6 is 11.6 Å². The molecule has 2 rings (SSSR count). The van der Waals surface area contributed by atoms with E-state index in [1.807, 2.05) is 18.2 Å².